The molecular weight excluding hydrogens is 172 g/mol. The van der Waals surface area contributed by atoms with Crippen molar-refractivity contribution in [3.05, 3.63) is 35.4 Å². The van der Waals surface area contributed by atoms with Gasteiger partial charge in [0, 0.05) is 0 Å². The van der Waals surface area contributed by atoms with Gasteiger partial charge in [-0.25, -0.2) is 0 Å². The molecule has 1 unspecified atom stereocenters. The lowest BCUT2D eigenvalue weighted by atomic mass is 10.00. The van der Waals surface area contributed by atoms with E-state index in [0.717, 1.165) is 18.4 Å². The first kappa shape index (κ1) is 11.3. The van der Waals surface area contributed by atoms with Crippen molar-refractivity contribution < 1.29 is 5.11 Å². The molecule has 0 fully saturated rings. The number of hydrogen-bond acceptors (Lipinski definition) is 1. The summed E-state index contributed by atoms with van der Waals surface area (Å²) in [5, 5.41) is 9.60. The molecule has 0 spiro atoms. The lowest BCUT2D eigenvalue weighted by molar-refractivity contribution is 0.173. The summed E-state index contributed by atoms with van der Waals surface area (Å²) < 4.78 is 0. The quantitative estimate of drug-likeness (QED) is 0.775. The third kappa shape index (κ3) is 3.15. The van der Waals surface area contributed by atoms with Gasteiger partial charge in [-0.15, -0.1) is 0 Å². The molecule has 0 radical (unpaired) electrons. The average Bonchev–Trinajstić information content (AvgIpc) is 2.17. The van der Waals surface area contributed by atoms with E-state index in [1.807, 2.05) is 19.1 Å². The molecule has 0 heterocycles. The molecular formula is C13H20O. The number of rotatable bonds is 4. The molecule has 1 aromatic rings. The van der Waals surface area contributed by atoms with Crippen molar-refractivity contribution in [2.75, 3.05) is 0 Å². The molecule has 0 aliphatic carbocycles. The third-order valence-corrected chi connectivity index (χ3v) is 2.40. The van der Waals surface area contributed by atoms with Crippen molar-refractivity contribution in [3.8, 4) is 0 Å². The van der Waals surface area contributed by atoms with E-state index in [1.54, 1.807) is 0 Å². The summed E-state index contributed by atoms with van der Waals surface area (Å²) in [6.07, 6.45) is 1.59. The monoisotopic (exact) mass is 192 g/mol. The van der Waals surface area contributed by atoms with Crippen molar-refractivity contribution >= 4 is 0 Å². The predicted octanol–water partition coefficient (Wildman–Crippen LogP) is 3.33. The molecule has 0 saturated heterocycles. The van der Waals surface area contributed by atoms with Crippen LogP contribution in [0.1, 0.15) is 44.4 Å². The summed E-state index contributed by atoms with van der Waals surface area (Å²) in [5.41, 5.74) is 2.38. The van der Waals surface area contributed by atoms with Gasteiger partial charge in [0.2, 0.25) is 0 Å². The maximum Gasteiger partial charge on any atom is 0.0787 e. The van der Waals surface area contributed by atoms with E-state index >= 15 is 0 Å². The van der Waals surface area contributed by atoms with Crippen molar-refractivity contribution in [2.24, 2.45) is 5.92 Å². The van der Waals surface area contributed by atoms with E-state index in [9.17, 15) is 5.11 Å². The highest BCUT2D eigenvalue weighted by Gasteiger charge is 2.04. The summed E-state index contributed by atoms with van der Waals surface area (Å²) >= 11 is 0. The van der Waals surface area contributed by atoms with E-state index in [2.05, 4.69) is 26.0 Å². The van der Waals surface area contributed by atoms with Gasteiger partial charge >= 0.3 is 0 Å². The zero-order chi connectivity index (χ0) is 10.6. The zero-order valence-electron chi connectivity index (χ0n) is 9.33. The fourth-order valence-corrected chi connectivity index (χ4v) is 1.58. The predicted molar refractivity (Wildman–Crippen MR) is 60.2 cm³/mol. The molecule has 0 aromatic heterocycles. The van der Waals surface area contributed by atoms with Gasteiger partial charge in [0.15, 0.2) is 0 Å². The largest absolute Gasteiger partial charge is 0.388 e. The molecule has 1 atom stereocenters. The number of hydrogen-bond donors (Lipinski definition) is 1. The van der Waals surface area contributed by atoms with Gasteiger partial charge in [0.05, 0.1) is 6.10 Å². The molecule has 1 heteroatoms. The summed E-state index contributed by atoms with van der Waals surface area (Å²) in [6.45, 7) is 6.43. The molecule has 14 heavy (non-hydrogen) atoms. The van der Waals surface area contributed by atoms with Gasteiger partial charge < -0.3 is 5.11 Å². The van der Waals surface area contributed by atoms with Gasteiger partial charge in [-0.05, 0) is 29.9 Å². The van der Waals surface area contributed by atoms with Crippen molar-refractivity contribution in [1.29, 1.82) is 0 Å². The number of benzene rings is 1. The van der Waals surface area contributed by atoms with E-state index in [4.69, 9.17) is 0 Å². The Hall–Kier alpha value is -0.820. The Labute approximate surface area is 86.8 Å². The Bertz CT molecular complexity index is 261. The maximum absolute atomic E-state index is 9.60. The van der Waals surface area contributed by atoms with Gasteiger partial charge in [-0.1, -0.05) is 45.0 Å². The minimum atomic E-state index is -0.303. The summed E-state index contributed by atoms with van der Waals surface area (Å²) in [5.74, 6) is 0.692. The van der Waals surface area contributed by atoms with E-state index in [-0.39, 0.29) is 6.10 Å². The van der Waals surface area contributed by atoms with Gasteiger partial charge in [0.1, 0.15) is 0 Å². The Kier molecular flexibility index (Phi) is 4.15. The van der Waals surface area contributed by atoms with Crippen molar-refractivity contribution in [2.45, 2.75) is 39.7 Å². The second kappa shape index (κ2) is 5.16. The van der Waals surface area contributed by atoms with Crippen LogP contribution in [0.4, 0.5) is 0 Å². The van der Waals surface area contributed by atoms with Crippen LogP contribution in [-0.4, -0.2) is 5.11 Å². The molecule has 1 N–H and O–H groups in total. The number of aliphatic hydroxyl groups is 1. The first-order valence-corrected chi connectivity index (χ1v) is 5.40. The minimum absolute atomic E-state index is 0.303. The molecule has 1 rings (SSSR count). The maximum atomic E-state index is 9.60. The summed E-state index contributed by atoms with van der Waals surface area (Å²) in [7, 11) is 0. The fraction of sp³-hybridized carbons (Fsp3) is 0.538. The minimum Gasteiger partial charge on any atom is -0.388 e. The molecule has 1 aromatic carbocycles. The summed E-state index contributed by atoms with van der Waals surface area (Å²) in [6, 6.07) is 8.31. The highest BCUT2D eigenvalue weighted by molar-refractivity contribution is 5.24. The second-order valence-corrected chi connectivity index (χ2v) is 4.26. The van der Waals surface area contributed by atoms with E-state index < -0.39 is 0 Å². The topological polar surface area (TPSA) is 20.2 Å². The van der Waals surface area contributed by atoms with Crippen molar-refractivity contribution in [1.82, 2.24) is 0 Å². The van der Waals surface area contributed by atoms with Crippen LogP contribution in [0.5, 0.6) is 0 Å². The Morgan fingerprint density at radius 1 is 1.14 bits per heavy atom. The van der Waals surface area contributed by atoms with Crippen LogP contribution in [0.15, 0.2) is 24.3 Å². The molecule has 0 amide bonds. The van der Waals surface area contributed by atoms with E-state index in [0.29, 0.717) is 5.92 Å². The summed E-state index contributed by atoms with van der Waals surface area (Å²) in [4.78, 5) is 0. The lowest BCUT2D eigenvalue weighted by Gasteiger charge is -2.09. The molecule has 0 aliphatic heterocycles. The van der Waals surface area contributed by atoms with Crippen LogP contribution < -0.4 is 0 Å². The Balaban J connectivity index is 2.68. The van der Waals surface area contributed by atoms with Gasteiger partial charge in [0.25, 0.3) is 0 Å². The van der Waals surface area contributed by atoms with E-state index in [1.165, 1.54) is 5.56 Å². The highest BCUT2D eigenvalue weighted by atomic mass is 16.3. The standard InChI is InChI=1S/C13H20O/c1-4-13(14)12-7-5-11(6-8-12)9-10(2)3/h5-8,10,13-14H,4,9H2,1-3H3. The lowest BCUT2D eigenvalue weighted by Crippen LogP contribution is -1.97. The van der Waals surface area contributed by atoms with Crippen LogP contribution in [-0.2, 0) is 6.42 Å². The molecule has 78 valence electrons. The smallest absolute Gasteiger partial charge is 0.0787 e. The normalized spacial score (nSPS) is 13.2. The first-order valence-electron chi connectivity index (χ1n) is 5.40. The zero-order valence-corrected chi connectivity index (χ0v) is 9.33. The third-order valence-electron chi connectivity index (χ3n) is 2.40. The second-order valence-electron chi connectivity index (χ2n) is 4.26. The van der Waals surface area contributed by atoms with Gasteiger partial charge in [-0.2, -0.15) is 0 Å². The number of aliphatic hydroxyl groups excluding tert-OH is 1. The Morgan fingerprint density at radius 3 is 2.14 bits per heavy atom. The highest BCUT2D eigenvalue weighted by Crippen LogP contribution is 2.17. The Morgan fingerprint density at radius 2 is 1.71 bits per heavy atom. The molecule has 1 nitrogen and oxygen atoms in total. The van der Waals surface area contributed by atoms with Crippen LogP contribution in [0.3, 0.4) is 0 Å². The SMILES string of the molecule is CCC(O)c1ccc(CC(C)C)cc1. The molecule has 0 saturated carbocycles. The van der Waals surface area contributed by atoms with Crippen LogP contribution in [0.2, 0.25) is 0 Å². The fourth-order valence-electron chi connectivity index (χ4n) is 1.58. The van der Waals surface area contributed by atoms with Crippen LogP contribution >= 0.6 is 0 Å². The van der Waals surface area contributed by atoms with Gasteiger partial charge in [-0.3, -0.25) is 0 Å². The van der Waals surface area contributed by atoms with Crippen LogP contribution in [0, 0.1) is 5.92 Å². The molecule has 0 bridgehead atoms. The molecule has 0 aliphatic rings. The average molecular weight is 192 g/mol. The first-order chi connectivity index (χ1) is 6.63. The van der Waals surface area contributed by atoms with Crippen molar-refractivity contribution in [3.63, 3.8) is 0 Å². The van der Waals surface area contributed by atoms with Crippen LogP contribution in [0.25, 0.3) is 0 Å².